The number of halogens is 2. The van der Waals surface area contributed by atoms with Gasteiger partial charge in [-0.05, 0) is 56.5 Å². The number of aliphatic hydroxyl groups excluding tert-OH is 1. The van der Waals surface area contributed by atoms with Gasteiger partial charge >= 0.3 is 0 Å². The van der Waals surface area contributed by atoms with E-state index in [1.807, 2.05) is 12.1 Å². The first kappa shape index (κ1) is 12.0. The Hall–Kier alpha value is -0.100. The number of benzene rings is 1. The van der Waals surface area contributed by atoms with Crippen LogP contribution in [0.4, 0.5) is 5.69 Å². The first-order valence-corrected chi connectivity index (χ1v) is 5.70. The Morgan fingerprint density at radius 1 is 1.29 bits per heavy atom. The van der Waals surface area contributed by atoms with Gasteiger partial charge in [0.1, 0.15) is 0 Å². The Morgan fingerprint density at radius 2 is 1.71 bits per heavy atom. The van der Waals surface area contributed by atoms with Gasteiger partial charge in [-0.1, -0.05) is 0 Å². The van der Waals surface area contributed by atoms with Gasteiger partial charge in [0.25, 0.3) is 0 Å². The molecule has 0 aliphatic rings. The largest absolute Gasteiger partial charge is 0.397 e. The van der Waals surface area contributed by atoms with Crippen molar-refractivity contribution in [1.82, 2.24) is 0 Å². The van der Waals surface area contributed by atoms with Crippen molar-refractivity contribution in [3.63, 3.8) is 0 Å². The maximum Gasteiger partial charge on any atom is 0.0704 e. The third-order valence-electron chi connectivity index (χ3n) is 2.01. The summed E-state index contributed by atoms with van der Waals surface area (Å²) in [5, 5.41) is 9.34. The van der Waals surface area contributed by atoms with Gasteiger partial charge in [-0.15, -0.1) is 0 Å². The Balaban J connectivity index is 3.12. The van der Waals surface area contributed by atoms with Gasteiger partial charge in [0.05, 0.1) is 17.8 Å². The molecule has 1 aromatic rings. The van der Waals surface area contributed by atoms with Crippen molar-refractivity contribution in [2.75, 3.05) is 5.73 Å². The van der Waals surface area contributed by atoms with Crippen LogP contribution in [-0.4, -0.2) is 11.2 Å². The Kier molecular flexibility index (Phi) is 3.94. The first-order chi connectivity index (χ1) is 6.43. The molecule has 0 amide bonds. The molecule has 0 aliphatic carbocycles. The monoisotopic (exact) mass is 322 g/mol. The summed E-state index contributed by atoms with van der Waals surface area (Å²) in [6.45, 7) is 1.66. The van der Waals surface area contributed by atoms with Crippen molar-refractivity contribution in [3.8, 4) is 0 Å². The molecule has 5 heteroatoms. The second-order valence-electron chi connectivity index (χ2n) is 3.16. The highest BCUT2D eigenvalue weighted by molar-refractivity contribution is 9.11. The van der Waals surface area contributed by atoms with Crippen molar-refractivity contribution >= 4 is 37.5 Å². The maximum absolute atomic E-state index is 9.34. The highest BCUT2D eigenvalue weighted by atomic mass is 79.9. The number of hydrogen-bond acceptors (Lipinski definition) is 3. The van der Waals surface area contributed by atoms with Crippen molar-refractivity contribution in [2.45, 2.75) is 19.1 Å². The Bertz CT molecular complexity index is 319. The zero-order valence-electron chi connectivity index (χ0n) is 7.67. The standard InChI is InChI=1S/C9H12Br2N2O/c1-4(14)8(12)5-2-6(10)9(13)7(11)3-5/h2-4,8,14H,12-13H2,1H3/t4-,8+/m0/s1. The molecule has 0 spiro atoms. The predicted molar refractivity (Wildman–Crippen MR) is 64.9 cm³/mol. The van der Waals surface area contributed by atoms with E-state index in [0.29, 0.717) is 5.69 Å². The van der Waals surface area contributed by atoms with E-state index in [2.05, 4.69) is 31.9 Å². The average molecular weight is 324 g/mol. The van der Waals surface area contributed by atoms with Crippen LogP contribution in [0.5, 0.6) is 0 Å². The molecule has 0 bridgehead atoms. The van der Waals surface area contributed by atoms with Crippen LogP contribution in [0.25, 0.3) is 0 Å². The minimum Gasteiger partial charge on any atom is -0.397 e. The highest BCUT2D eigenvalue weighted by Crippen LogP contribution is 2.31. The fourth-order valence-corrected chi connectivity index (χ4v) is 2.30. The molecule has 0 radical (unpaired) electrons. The van der Waals surface area contributed by atoms with Crippen LogP contribution >= 0.6 is 31.9 Å². The number of rotatable bonds is 2. The summed E-state index contributed by atoms with van der Waals surface area (Å²) in [4.78, 5) is 0. The van der Waals surface area contributed by atoms with E-state index in [0.717, 1.165) is 14.5 Å². The van der Waals surface area contributed by atoms with Crippen LogP contribution in [0.15, 0.2) is 21.1 Å². The lowest BCUT2D eigenvalue weighted by molar-refractivity contribution is 0.164. The summed E-state index contributed by atoms with van der Waals surface area (Å²) in [5.41, 5.74) is 13.0. The van der Waals surface area contributed by atoms with E-state index in [1.165, 1.54) is 0 Å². The summed E-state index contributed by atoms with van der Waals surface area (Å²) in [6, 6.07) is 3.23. The van der Waals surface area contributed by atoms with Crippen LogP contribution in [0.3, 0.4) is 0 Å². The molecule has 2 atom stereocenters. The van der Waals surface area contributed by atoms with Gasteiger partial charge in [0.2, 0.25) is 0 Å². The molecule has 0 unspecified atom stereocenters. The van der Waals surface area contributed by atoms with Gasteiger partial charge in [0, 0.05) is 8.95 Å². The molecular formula is C9H12Br2N2O. The van der Waals surface area contributed by atoms with Gasteiger partial charge in [-0.25, -0.2) is 0 Å². The highest BCUT2D eigenvalue weighted by Gasteiger charge is 2.14. The third-order valence-corrected chi connectivity index (χ3v) is 3.32. The van der Waals surface area contributed by atoms with Crippen molar-refractivity contribution in [3.05, 3.63) is 26.6 Å². The summed E-state index contributed by atoms with van der Waals surface area (Å²) < 4.78 is 1.55. The molecule has 0 fully saturated rings. The zero-order valence-corrected chi connectivity index (χ0v) is 10.8. The molecule has 1 rings (SSSR count). The quantitative estimate of drug-likeness (QED) is 0.730. The Morgan fingerprint density at radius 3 is 2.07 bits per heavy atom. The van der Waals surface area contributed by atoms with Gasteiger partial charge in [-0.3, -0.25) is 0 Å². The smallest absolute Gasteiger partial charge is 0.0704 e. The normalized spacial score (nSPS) is 15.2. The van der Waals surface area contributed by atoms with Gasteiger partial charge < -0.3 is 16.6 Å². The fourth-order valence-electron chi connectivity index (χ4n) is 1.07. The zero-order chi connectivity index (χ0) is 10.9. The minimum absolute atomic E-state index is 0.400. The van der Waals surface area contributed by atoms with Gasteiger partial charge in [-0.2, -0.15) is 0 Å². The van der Waals surface area contributed by atoms with E-state index >= 15 is 0 Å². The molecule has 78 valence electrons. The van der Waals surface area contributed by atoms with Gasteiger partial charge in [0.15, 0.2) is 0 Å². The molecule has 0 heterocycles. The topological polar surface area (TPSA) is 72.3 Å². The van der Waals surface area contributed by atoms with Crippen LogP contribution < -0.4 is 11.5 Å². The van der Waals surface area contributed by atoms with Crippen LogP contribution in [-0.2, 0) is 0 Å². The molecule has 0 saturated carbocycles. The summed E-state index contributed by atoms with van der Waals surface area (Å²) in [7, 11) is 0. The van der Waals surface area contributed by atoms with E-state index in [9.17, 15) is 5.11 Å². The number of aliphatic hydroxyl groups is 1. The predicted octanol–water partition coefficient (Wildman–Crippen LogP) is 2.17. The van der Waals surface area contributed by atoms with E-state index in [-0.39, 0.29) is 0 Å². The second-order valence-corrected chi connectivity index (χ2v) is 4.87. The SMILES string of the molecule is C[C@H](O)[C@@H](N)c1cc(Br)c(N)c(Br)c1. The van der Waals surface area contributed by atoms with Crippen molar-refractivity contribution < 1.29 is 5.11 Å². The number of hydrogen-bond donors (Lipinski definition) is 3. The molecule has 3 nitrogen and oxygen atoms in total. The molecule has 1 aromatic carbocycles. The summed E-state index contributed by atoms with van der Waals surface area (Å²) >= 11 is 6.64. The maximum atomic E-state index is 9.34. The number of nitrogens with two attached hydrogens (primary N) is 2. The third kappa shape index (κ3) is 2.48. The van der Waals surface area contributed by atoms with Crippen LogP contribution in [0.2, 0.25) is 0 Å². The Labute approximate surface area is 99.7 Å². The molecule has 0 saturated heterocycles. The minimum atomic E-state index is -0.586. The van der Waals surface area contributed by atoms with Crippen molar-refractivity contribution in [1.29, 1.82) is 0 Å². The number of anilines is 1. The molecule has 5 N–H and O–H groups in total. The summed E-state index contributed by atoms with van der Waals surface area (Å²) in [6.07, 6.45) is -0.586. The molecule has 14 heavy (non-hydrogen) atoms. The molecule has 0 aliphatic heterocycles. The lowest BCUT2D eigenvalue weighted by Crippen LogP contribution is -2.23. The molecule has 0 aromatic heterocycles. The van der Waals surface area contributed by atoms with E-state index in [4.69, 9.17) is 11.5 Å². The fraction of sp³-hybridized carbons (Fsp3) is 0.333. The lowest BCUT2D eigenvalue weighted by Gasteiger charge is -2.16. The first-order valence-electron chi connectivity index (χ1n) is 4.11. The van der Waals surface area contributed by atoms with E-state index < -0.39 is 12.1 Å². The van der Waals surface area contributed by atoms with E-state index in [1.54, 1.807) is 6.92 Å². The van der Waals surface area contributed by atoms with Crippen LogP contribution in [0.1, 0.15) is 18.5 Å². The lowest BCUT2D eigenvalue weighted by atomic mass is 10.0. The summed E-state index contributed by atoms with van der Waals surface area (Å²) in [5.74, 6) is 0. The number of nitrogen functional groups attached to an aromatic ring is 1. The van der Waals surface area contributed by atoms with Crippen LogP contribution in [0, 0.1) is 0 Å². The average Bonchev–Trinajstić information content (AvgIpc) is 2.12. The van der Waals surface area contributed by atoms with Crippen molar-refractivity contribution in [2.24, 2.45) is 5.73 Å². The second kappa shape index (κ2) is 4.61. The molecular weight excluding hydrogens is 312 g/mol.